The van der Waals surface area contributed by atoms with E-state index in [1.807, 2.05) is 16.7 Å². The lowest BCUT2D eigenvalue weighted by Gasteiger charge is -2.16. The highest BCUT2D eigenvalue weighted by molar-refractivity contribution is 7.99. The summed E-state index contributed by atoms with van der Waals surface area (Å²) < 4.78 is 1.88. The van der Waals surface area contributed by atoms with Crippen LogP contribution in [-0.4, -0.2) is 30.1 Å². The van der Waals surface area contributed by atoms with Crippen LogP contribution in [0.15, 0.2) is 41.8 Å². The van der Waals surface area contributed by atoms with Gasteiger partial charge in [-0.1, -0.05) is 23.9 Å². The second-order valence-electron chi connectivity index (χ2n) is 4.62. The molecule has 1 aliphatic rings. The number of hydrogen-bond donors (Lipinski definition) is 1. The van der Waals surface area contributed by atoms with Crippen LogP contribution in [0.25, 0.3) is 5.69 Å². The lowest BCUT2D eigenvalue weighted by molar-refractivity contribution is 0.268. The molecule has 1 N–H and O–H groups in total. The van der Waals surface area contributed by atoms with Gasteiger partial charge in [-0.15, -0.1) is 10.2 Å². The first-order valence-electron chi connectivity index (χ1n) is 6.67. The minimum absolute atomic E-state index is 0.136. The summed E-state index contributed by atoms with van der Waals surface area (Å²) in [4.78, 5) is 4.12. The van der Waals surface area contributed by atoms with E-state index >= 15 is 0 Å². The van der Waals surface area contributed by atoms with Crippen LogP contribution in [0, 0.1) is 0 Å². The molecular weight excluding hydrogens is 272 g/mol. The predicted molar refractivity (Wildman–Crippen MR) is 77.7 cm³/mol. The number of pyridine rings is 1. The molecule has 1 aliphatic carbocycles. The molecule has 6 heteroatoms. The first-order valence-corrected chi connectivity index (χ1v) is 7.55. The van der Waals surface area contributed by atoms with E-state index in [-0.39, 0.29) is 6.61 Å². The molecule has 1 unspecified atom stereocenters. The fourth-order valence-electron chi connectivity index (χ4n) is 2.24. The molecule has 2 aromatic rings. The Kier molecular flexibility index (Phi) is 4.13. The largest absolute Gasteiger partial charge is 0.388 e. The van der Waals surface area contributed by atoms with E-state index in [9.17, 15) is 5.11 Å². The number of aliphatic hydroxyl groups excluding tert-OH is 1. The zero-order chi connectivity index (χ0) is 13.8. The van der Waals surface area contributed by atoms with Gasteiger partial charge in [0.25, 0.3) is 0 Å². The third-order valence-corrected chi connectivity index (χ3v) is 4.38. The highest BCUT2D eigenvalue weighted by atomic mass is 32.2. The quantitative estimate of drug-likeness (QED) is 0.875. The van der Waals surface area contributed by atoms with Crippen molar-refractivity contribution < 1.29 is 5.11 Å². The number of nitrogens with zero attached hydrogens (tertiary/aromatic N) is 4. The first-order chi connectivity index (χ1) is 9.88. The maximum Gasteiger partial charge on any atom is 0.196 e. The minimum Gasteiger partial charge on any atom is -0.388 e. The molecule has 0 aliphatic heterocycles. The average molecular weight is 288 g/mol. The molecule has 2 heterocycles. The molecule has 2 aromatic heterocycles. The minimum atomic E-state index is -0.136. The summed E-state index contributed by atoms with van der Waals surface area (Å²) in [5.74, 6) is 0.542. The van der Waals surface area contributed by atoms with Crippen molar-refractivity contribution in [1.82, 2.24) is 19.7 Å². The number of thioether (sulfide) groups is 1. The van der Waals surface area contributed by atoms with E-state index in [1.54, 1.807) is 24.2 Å². The Morgan fingerprint density at radius 3 is 3.05 bits per heavy atom. The fraction of sp³-hybridized carbons (Fsp3) is 0.357. The third-order valence-electron chi connectivity index (χ3n) is 3.21. The van der Waals surface area contributed by atoms with Crippen molar-refractivity contribution in [3.63, 3.8) is 0 Å². The van der Waals surface area contributed by atoms with Crippen LogP contribution >= 0.6 is 11.8 Å². The lowest BCUT2D eigenvalue weighted by atomic mass is 10.1. The highest BCUT2D eigenvalue weighted by Crippen LogP contribution is 2.30. The van der Waals surface area contributed by atoms with Crippen LogP contribution in [0.3, 0.4) is 0 Å². The van der Waals surface area contributed by atoms with E-state index in [1.165, 1.54) is 6.42 Å². The standard InChI is InChI=1S/C14H16N4OS/c19-10-13-16-17-14(20-12-6-2-1-3-7-12)18(13)11-5-4-8-15-9-11/h2,4-6,8-9,12,19H,1,3,7,10H2. The SMILES string of the molecule is OCc1nnc(SC2C=CCCC2)n1-c1cccnc1. The zero-order valence-corrected chi connectivity index (χ0v) is 11.8. The van der Waals surface area contributed by atoms with Crippen molar-refractivity contribution in [2.24, 2.45) is 0 Å². The van der Waals surface area contributed by atoms with E-state index < -0.39 is 0 Å². The maximum absolute atomic E-state index is 9.43. The van der Waals surface area contributed by atoms with Crippen LogP contribution in [0.2, 0.25) is 0 Å². The van der Waals surface area contributed by atoms with Crippen molar-refractivity contribution in [2.75, 3.05) is 0 Å². The first kappa shape index (κ1) is 13.3. The van der Waals surface area contributed by atoms with E-state index in [2.05, 4.69) is 27.3 Å². The van der Waals surface area contributed by atoms with E-state index in [0.29, 0.717) is 11.1 Å². The fourth-order valence-corrected chi connectivity index (χ4v) is 3.39. The second-order valence-corrected chi connectivity index (χ2v) is 5.83. The lowest BCUT2D eigenvalue weighted by Crippen LogP contribution is -2.07. The molecule has 3 rings (SSSR count). The monoisotopic (exact) mass is 288 g/mol. The number of aliphatic hydroxyl groups is 1. The van der Waals surface area contributed by atoms with Gasteiger partial charge in [0.15, 0.2) is 11.0 Å². The molecule has 0 saturated carbocycles. The van der Waals surface area contributed by atoms with Gasteiger partial charge < -0.3 is 5.11 Å². The molecule has 0 fully saturated rings. The van der Waals surface area contributed by atoms with Gasteiger partial charge in [0.05, 0.1) is 11.9 Å². The van der Waals surface area contributed by atoms with Crippen LogP contribution < -0.4 is 0 Å². The number of allylic oxidation sites excluding steroid dienone is 1. The topological polar surface area (TPSA) is 63.8 Å². The molecule has 0 radical (unpaired) electrons. The average Bonchev–Trinajstić information content (AvgIpc) is 2.92. The van der Waals surface area contributed by atoms with Crippen molar-refractivity contribution >= 4 is 11.8 Å². The van der Waals surface area contributed by atoms with Crippen molar-refractivity contribution in [3.05, 3.63) is 42.5 Å². The molecule has 0 aromatic carbocycles. The van der Waals surface area contributed by atoms with Gasteiger partial charge in [0.2, 0.25) is 0 Å². The summed E-state index contributed by atoms with van der Waals surface area (Å²) in [5.41, 5.74) is 0.879. The van der Waals surface area contributed by atoms with Gasteiger partial charge in [-0.2, -0.15) is 0 Å². The van der Waals surface area contributed by atoms with E-state index in [4.69, 9.17) is 0 Å². The van der Waals surface area contributed by atoms with Crippen molar-refractivity contribution in [2.45, 2.75) is 36.3 Å². The summed E-state index contributed by atoms with van der Waals surface area (Å²) in [6.07, 6.45) is 11.5. The Morgan fingerprint density at radius 1 is 1.40 bits per heavy atom. The Labute approximate surface area is 121 Å². The molecule has 20 heavy (non-hydrogen) atoms. The van der Waals surface area contributed by atoms with Gasteiger partial charge in [0.1, 0.15) is 6.61 Å². The predicted octanol–water partition coefficient (Wildman–Crippen LogP) is 2.36. The maximum atomic E-state index is 9.43. The Morgan fingerprint density at radius 2 is 2.35 bits per heavy atom. The van der Waals surface area contributed by atoms with Gasteiger partial charge in [-0.05, 0) is 31.4 Å². The van der Waals surface area contributed by atoms with Gasteiger partial charge in [-0.3, -0.25) is 9.55 Å². The summed E-state index contributed by atoms with van der Waals surface area (Å²) in [6.45, 7) is -0.136. The molecular formula is C14H16N4OS. The number of hydrogen-bond acceptors (Lipinski definition) is 5. The van der Waals surface area contributed by atoms with Gasteiger partial charge in [-0.25, -0.2) is 0 Å². The van der Waals surface area contributed by atoms with Crippen LogP contribution in [-0.2, 0) is 6.61 Å². The molecule has 0 spiro atoms. The molecule has 1 atom stereocenters. The third kappa shape index (κ3) is 2.76. The van der Waals surface area contributed by atoms with Gasteiger partial charge in [0, 0.05) is 11.4 Å². The summed E-state index contributed by atoms with van der Waals surface area (Å²) >= 11 is 1.69. The Balaban J connectivity index is 1.93. The number of aromatic nitrogens is 4. The Bertz CT molecular complexity index is 596. The van der Waals surface area contributed by atoms with Crippen LogP contribution in [0.1, 0.15) is 25.1 Å². The summed E-state index contributed by atoms with van der Waals surface area (Å²) in [6, 6.07) is 3.81. The van der Waals surface area contributed by atoms with Crippen molar-refractivity contribution in [3.8, 4) is 5.69 Å². The smallest absolute Gasteiger partial charge is 0.196 e. The van der Waals surface area contributed by atoms with E-state index in [0.717, 1.165) is 23.7 Å². The highest BCUT2D eigenvalue weighted by Gasteiger charge is 2.18. The Hall–Kier alpha value is -1.66. The number of rotatable bonds is 4. The summed E-state index contributed by atoms with van der Waals surface area (Å²) in [7, 11) is 0. The van der Waals surface area contributed by atoms with Crippen LogP contribution in [0.4, 0.5) is 0 Å². The zero-order valence-electron chi connectivity index (χ0n) is 11.0. The second kappa shape index (κ2) is 6.19. The summed E-state index contributed by atoms with van der Waals surface area (Å²) in [5, 5.41) is 18.9. The molecule has 0 amide bonds. The normalized spacial score (nSPS) is 18.4. The van der Waals surface area contributed by atoms with Crippen LogP contribution in [0.5, 0.6) is 0 Å². The van der Waals surface area contributed by atoms with Crippen molar-refractivity contribution in [1.29, 1.82) is 0 Å². The molecule has 0 saturated heterocycles. The molecule has 5 nitrogen and oxygen atoms in total. The molecule has 0 bridgehead atoms. The van der Waals surface area contributed by atoms with Gasteiger partial charge >= 0.3 is 0 Å². The molecule has 104 valence electrons.